The van der Waals surface area contributed by atoms with Crippen LogP contribution in [0.1, 0.15) is 49.3 Å². The molecule has 0 aromatic carbocycles. The Balaban J connectivity index is 1.67. The van der Waals surface area contributed by atoms with Crippen molar-refractivity contribution < 1.29 is 9.90 Å². The van der Waals surface area contributed by atoms with Gasteiger partial charge >= 0.3 is 5.69 Å². The van der Waals surface area contributed by atoms with E-state index < -0.39 is 17.8 Å². The Morgan fingerprint density at radius 1 is 1.27 bits per heavy atom. The number of aromatic nitrogens is 4. The van der Waals surface area contributed by atoms with Gasteiger partial charge in [-0.2, -0.15) is 5.10 Å². The standard InChI is InChI=1S/C17H20ClN5O3/c18-11-3-4-12(19-9-11)10-22-17(26)23-13(5-6-14(24)15(23)20-22)16(25)21-7-1-2-8-21/h3-4,9,13-14,24H,1-2,5-8,10H2/t13-,14?/m0/s1. The van der Waals surface area contributed by atoms with Crippen molar-refractivity contribution in [2.75, 3.05) is 13.1 Å². The van der Waals surface area contributed by atoms with Crippen LogP contribution >= 0.6 is 11.6 Å². The molecule has 0 spiro atoms. The molecule has 0 saturated carbocycles. The van der Waals surface area contributed by atoms with Gasteiger partial charge in [0.05, 0.1) is 17.3 Å². The second-order valence-corrected chi connectivity index (χ2v) is 7.21. The number of likely N-dealkylation sites (tertiary alicyclic amines) is 1. The molecule has 1 saturated heterocycles. The van der Waals surface area contributed by atoms with E-state index in [9.17, 15) is 14.7 Å². The molecule has 138 valence electrons. The summed E-state index contributed by atoms with van der Waals surface area (Å²) in [6, 6.07) is 2.82. The highest BCUT2D eigenvalue weighted by Crippen LogP contribution is 2.31. The third kappa shape index (κ3) is 3.03. The number of hydrogen-bond donors (Lipinski definition) is 1. The van der Waals surface area contributed by atoms with Gasteiger partial charge in [0.25, 0.3) is 0 Å². The van der Waals surface area contributed by atoms with Crippen LogP contribution in [0.3, 0.4) is 0 Å². The Labute approximate surface area is 155 Å². The summed E-state index contributed by atoms with van der Waals surface area (Å²) in [6.45, 7) is 1.61. The van der Waals surface area contributed by atoms with E-state index in [1.165, 1.54) is 15.4 Å². The maximum Gasteiger partial charge on any atom is 0.347 e. The van der Waals surface area contributed by atoms with Crippen molar-refractivity contribution in [2.45, 2.75) is 44.4 Å². The van der Waals surface area contributed by atoms with Gasteiger partial charge in [-0.3, -0.25) is 14.3 Å². The molecule has 1 unspecified atom stereocenters. The molecule has 0 radical (unpaired) electrons. The summed E-state index contributed by atoms with van der Waals surface area (Å²) in [5.74, 6) is 0.203. The number of aliphatic hydroxyl groups is 1. The predicted octanol–water partition coefficient (Wildman–Crippen LogP) is 1.13. The molecule has 2 aromatic rings. The molecule has 0 bridgehead atoms. The van der Waals surface area contributed by atoms with Gasteiger partial charge < -0.3 is 10.0 Å². The van der Waals surface area contributed by atoms with Crippen LogP contribution in [-0.2, 0) is 11.3 Å². The topological polar surface area (TPSA) is 93.2 Å². The lowest BCUT2D eigenvalue weighted by Crippen LogP contribution is -2.42. The molecule has 1 amide bonds. The van der Waals surface area contributed by atoms with Gasteiger partial charge in [0.1, 0.15) is 12.1 Å². The average Bonchev–Trinajstić information content (AvgIpc) is 3.27. The number of pyridine rings is 1. The molecule has 2 aliphatic rings. The third-order valence-corrected chi connectivity index (χ3v) is 5.25. The van der Waals surface area contributed by atoms with Crippen molar-refractivity contribution in [3.05, 3.63) is 45.4 Å². The van der Waals surface area contributed by atoms with Gasteiger partial charge in [0, 0.05) is 19.3 Å². The maximum atomic E-state index is 12.9. The van der Waals surface area contributed by atoms with Crippen LogP contribution in [0.15, 0.2) is 23.1 Å². The van der Waals surface area contributed by atoms with Crippen molar-refractivity contribution in [1.82, 2.24) is 24.2 Å². The van der Waals surface area contributed by atoms with E-state index in [-0.39, 0.29) is 18.3 Å². The average molecular weight is 378 g/mol. The fraction of sp³-hybridized carbons (Fsp3) is 0.529. The minimum Gasteiger partial charge on any atom is -0.385 e. The largest absolute Gasteiger partial charge is 0.385 e. The first-order valence-corrected chi connectivity index (χ1v) is 9.19. The number of carbonyl (C=O) groups is 1. The summed E-state index contributed by atoms with van der Waals surface area (Å²) in [4.78, 5) is 31.7. The van der Waals surface area contributed by atoms with Crippen LogP contribution in [0, 0.1) is 0 Å². The molecule has 26 heavy (non-hydrogen) atoms. The van der Waals surface area contributed by atoms with E-state index in [1.807, 2.05) is 0 Å². The van der Waals surface area contributed by atoms with Crippen LogP contribution in [0.2, 0.25) is 5.02 Å². The highest BCUT2D eigenvalue weighted by atomic mass is 35.5. The van der Waals surface area contributed by atoms with E-state index in [4.69, 9.17) is 11.6 Å². The Bertz CT molecular complexity index is 870. The Morgan fingerprint density at radius 3 is 2.73 bits per heavy atom. The SMILES string of the molecule is O=C([C@@H]1CCC(O)c2nn(Cc3ccc(Cl)cn3)c(=O)n21)N1CCCC1. The van der Waals surface area contributed by atoms with E-state index >= 15 is 0 Å². The molecule has 4 rings (SSSR count). The highest BCUT2D eigenvalue weighted by Gasteiger charge is 2.37. The van der Waals surface area contributed by atoms with Gasteiger partial charge in [-0.1, -0.05) is 11.6 Å². The zero-order valence-electron chi connectivity index (χ0n) is 14.2. The molecular weight excluding hydrogens is 358 g/mol. The van der Waals surface area contributed by atoms with Gasteiger partial charge in [-0.25, -0.2) is 9.48 Å². The zero-order valence-corrected chi connectivity index (χ0v) is 15.0. The quantitative estimate of drug-likeness (QED) is 0.865. The van der Waals surface area contributed by atoms with E-state index in [0.717, 1.165) is 25.9 Å². The molecule has 1 fully saturated rings. The first kappa shape index (κ1) is 17.2. The number of amides is 1. The van der Waals surface area contributed by atoms with Gasteiger partial charge in [0.2, 0.25) is 5.91 Å². The monoisotopic (exact) mass is 377 g/mol. The van der Waals surface area contributed by atoms with Gasteiger partial charge in [0.15, 0.2) is 5.82 Å². The number of carbonyl (C=O) groups excluding carboxylic acids is 1. The first-order valence-electron chi connectivity index (χ1n) is 8.81. The van der Waals surface area contributed by atoms with Crippen LogP contribution in [0.4, 0.5) is 0 Å². The number of fused-ring (bicyclic) bond motifs is 1. The van der Waals surface area contributed by atoms with Crippen LogP contribution in [0.5, 0.6) is 0 Å². The molecule has 1 N–H and O–H groups in total. The van der Waals surface area contributed by atoms with Gasteiger partial charge in [-0.15, -0.1) is 0 Å². The minimum atomic E-state index is -0.843. The summed E-state index contributed by atoms with van der Waals surface area (Å²) in [5.41, 5.74) is 0.233. The van der Waals surface area contributed by atoms with Crippen molar-refractivity contribution in [3.63, 3.8) is 0 Å². The fourth-order valence-corrected chi connectivity index (χ4v) is 3.78. The second-order valence-electron chi connectivity index (χ2n) is 6.78. The lowest BCUT2D eigenvalue weighted by molar-refractivity contribution is -0.134. The number of aliphatic hydroxyl groups excluding tert-OH is 1. The summed E-state index contributed by atoms with van der Waals surface area (Å²) in [7, 11) is 0. The molecule has 8 nitrogen and oxygen atoms in total. The van der Waals surface area contributed by atoms with Gasteiger partial charge in [-0.05, 0) is 37.8 Å². The minimum absolute atomic E-state index is 0.0538. The Hall–Kier alpha value is -2.19. The molecule has 0 aliphatic carbocycles. The highest BCUT2D eigenvalue weighted by molar-refractivity contribution is 6.30. The second kappa shape index (κ2) is 6.85. The zero-order chi connectivity index (χ0) is 18.3. The molecule has 2 aromatic heterocycles. The van der Waals surface area contributed by atoms with Crippen molar-refractivity contribution >= 4 is 17.5 Å². The smallest absolute Gasteiger partial charge is 0.347 e. The fourth-order valence-electron chi connectivity index (χ4n) is 3.67. The number of rotatable bonds is 3. The summed E-state index contributed by atoms with van der Waals surface area (Å²) in [6.07, 6.45) is 3.50. The lowest BCUT2D eigenvalue weighted by atomic mass is 10.0. The normalized spacial score (nSPS) is 22.5. The molecular formula is C17H20ClN5O3. The van der Waals surface area contributed by atoms with Crippen LogP contribution < -0.4 is 5.69 Å². The van der Waals surface area contributed by atoms with E-state index in [1.54, 1.807) is 17.0 Å². The number of halogens is 1. The van der Waals surface area contributed by atoms with Crippen LogP contribution in [-0.4, -0.2) is 48.3 Å². The molecule has 2 atom stereocenters. The third-order valence-electron chi connectivity index (χ3n) is 5.02. The summed E-state index contributed by atoms with van der Waals surface area (Å²) in [5, 5.41) is 15.1. The van der Waals surface area contributed by atoms with Crippen molar-refractivity contribution in [2.24, 2.45) is 0 Å². The lowest BCUT2D eigenvalue weighted by Gasteiger charge is -2.29. The summed E-state index contributed by atoms with van der Waals surface area (Å²) >= 11 is 5.84. The molecule has 2 aliphatic heterocycles. The summed E-state index contributed by atoms with van der Waals surface area (Å²) < 4.78 is 2.62. The van der Waals surface area contributed by atoms with Crippen molar-refractivity contribution in [3.8, 4) is 0 Å². The Kier molecular flexibility index (Phi) is 4.54. The molecule has 4 heterocycles. The Morgan fingerprint density at radius 2 is 2.04 bits per heavy atom. The van der Waals surface area contributed by atoms with E-state index in [0.29, 0.717) is 23.6 Å². The number of nitrogens with zero attached hydrogens (tertiary/aromatic N) is 5. The molecule has 9 heteroatoms. The van der Waals surface area contributed by atoms with Crippen LogP contribution in [0.25, 0.3) is 0 Å². The maximum absolute atomic E-state index is 12.9. The predicted molar refractivity (Wildman–Crippen MR) is 93.9 cm³/mol. The first-order chi connectivity index (χ1) is 12.5. The van der Waals surface area contributed by atoms with E-state index in [2.05, 4.69) is 10.1 Å². The number of hydrogen-bond acceptors (Lipinski definition) is 5. The van der Waals surface area contributed by atoms with Crippen molar-refractivity contribution in [1.29, 1.82) is 0 Å².